The highest BCUT2D eigenvalue weighted by atomic mass is 32.1. The Kier molecular flexibility index (Phi) is 5.60. The lowest BCUT2D eigenvalue weighted by Crippen LogP contribution is -2.29. The number of piperidine rings is 1. The lowest BCUT2D eigenvalue weighted by molar-refractivity contribution is 0.253. The van der Waals surface area contributed by atoms with Gasteiger partial charge in [-0.1, -0.05) is 0 Å². The highest BCUT2D eigenvalue weighted by molar-refractivity contribution is 7.09. The van der Waals surface area contributed by atoms with Gasteiger partial charge < -0.3 is 10.2 Å². The van der Waals surface area contributed by atoms with Gasteiger partial charge in [-0.3, -0.25) is 0 Å². The first-order valence-electron chi connectivity index (χ1n) is 7.07. The molecule has 1 fully saturated rings. The van der Waals surface area contributed by atoms with Crippen LogP contribution in [0.2, 0.25) is 0 Å². The number of rotatable bonds is 6. The summed E-state index contributed by atoms with van der Waals surface area (Å²) in [7, 11) is 4.23. The van der Waals surface area contributed by atoms with Crippen LogP contribution in [0.4, 0.5) is 0 Å². The fourth-order valence-corrected chi connectivity index (χ4v) is 3.43. The topological polar surface area (TPSA) is 28.2 Å². The molecule has 102 valence electrons. The highest BCUT2D eigenvalue weighted by Gasteiger charge is 2.20. The number of thiazole rings is 1. The van der Waals surface area contributed by atoms with E-state index in [1.807, 2.05) is 18.4 Å². The van der Waals surface area contributed by atoms with Crippen molar-refractivity contribution in [2.24, 2.45) is 0 Å². The molecule has 0 amide bonds. The molecule has 4 heteroatoms. The number of likely N-dealkylation sites (tertiary alicyclic amines) is 1. The van der Waals surface area contributed by atoms with Crippen LogP contribution < -0.4 is 5.32 Å². The number of aryl methyl sites for hydroxylation is 1. The minimum absolute atomic E-state index is 0.712. The van der Waals surface area contributed by atoms with Crippen LogP contribution in [-0.4, -0.2) is 43.6 Å². The van der Waals surface area contributed by atoms with Crippen molar-refractivity contribution in [1.29, 1.82) is 0 Å². The predicted octanol–water partition coefficient (Wildman–Crippen LogP) is 2.49. The summed E-state index contributed by atoms with van der Waals surface area (Å²) >= 11 is 1.86. The average Bonchev–Trinajstić information content (AvgIpc) is 2.84. The van der Waals surface area contributed by atoms with Gasteiger partial charge in [0.05, 0.1) is 10.7 Å². The molecular weight excluding hydrogens is 242 g/mol. The van der Waals surface area contributed by atoms with Gasteiger partial charge >= 0.3 is 0 Å². The number of nitrogens with zero attached hydrogens (tertiary/aromatic N) is 2. The molecule has 1 aliphatic rings. The molecule has 0 atom stereocenters. The summed E-state index contributed by atoms with van der Waals surface area (Å²) in [6, 6.07) is 0. The van der Waals surface area contributed by atoms with E-state index in [0.717, 1.165) is 13.0 Å². The van der Waals surface area contributed by atoms with Gasteiger partial charge in [-0.25, -0.2) is 4.98 Å². The van der Waals surface area contributed by atoms with Crippen LogP contribution >= 0.6 is 11.3 Å². The van der Waals surface area contributed by atoms with E-state index < -0.39 is 0 Å². The van der Waals surface area contributed by atoms with Gasteiger partial charge in [-0.2, -0.15) is 0 Å². The third-order valence-electron chi connectivity index (χ3n) is 3.77. The Morgan fingerprint density at radius 2 is 2.17 bits per heavy atom. The summed E-state index contributed by atoms with van der Waals surface area (Å²) < 4.78 is 0. The van der Waals surface area contributed by atoms with Gasteiger partial charge in [0, 0.05) is 11.3 Å². The first-order chi connectivity index (χ1) is 8.79. The van der Waals surface area contributed by atoms with Gasteiger partial charge in [0.2, 0.25) is 0 Å². The van der Waals surface area contributed by atoms with Crippen molar-refractivity contribution in [3.63, 3.8) is 0 Å². The predicted molar refractivity (Wildman–Crippen MR) is 78.5 cm³/mol. The Hall–Kier alpha value is -0.450. The molecule has 0 bridgehead atoms. The molecule has 0 unspecified atom stereocenters. The monoisotopic (exact) mass is 267 g/mol. The number of aromatic nitrogens is 1. The van der Waals surface area contributed by atoms with Gasteiger partial charge in [0.15, 0.2) is 0 Å². The van der Waals surface area contributed by atoms with Crippen molar-refractivity contribution < 1.29 is 0 Å². The van der Waals surface area contributed by atoms with Gasteiger partial charge in [-0.05, 0) is 65.8 Å². The Balaban J connectivity index is 1.78. The average molecular weight is 267 g/mol. The summed E-state index contributed by atoms with van der Waals surface area (Å²) in [4.78, 5) is 7.25. The van der Waals surface area contributed by atoms with E-state index in [1.54, 1.807) is 0 Å². The molecule has 0 spiro atoms. The molecule has 1 N–H and O–H groups in total. The Morgan fingerprint density at radius 3 is 2.89 bits per heavy atom. The van der Waals surface area contributed by atoms with Gasteiger partial charge in [0.1, 0.15) is 0 Å². The normalized spacial score (nSPS) is 18.3. The molecule has 1 aromatic heterocycles. The molecule has 0 aliphatic carbocycles. The molecule has 18 heavy (non-hydrogen) atoms. The molecule has 0 aromatic carbocycles. The maximum atomic E-state index is 4.84. The largest absolute Gasteiger partial charge is 0.320 e. The lowest BCUT2D eigenvalue weighted by Gasteiger charge is -2.27. The minimum atomic E-state index is 0.712. The standard InChI is InChI=1S/C14H25N3S/c1-15-8-4-3-5-14-16-13(11-18-14)12-6-9-17(2)10-7-12/h11-12,15H,3-10H2,1-2H3. The van der Waals surface area contributed by atoms with Crippen LogP contribution in [0.5, 0.6) is 0 Å². The highest BCUT2D eigenvalue weighted by Crippen LogP contribution is 2.28. The number of nitrogens with one attached hydrogen (secondary N) is 1. The van der Waals surface area contributed by atoms with E-state index in [4.69, 9.17) is 4.98 Å². The van der Waals surface area contributed by atoms with E-state index in [-0.39, 0.29) is 0 Å². The van der Waals surface area contributed by atoms with Crippen LogP contribution in [-0.2, 0) is 6.42 Å². The fraction of sp³-hybridized carbons (Fsp3) is 0.786. The molecule has 2 heterocycles. The van der Waals surface area contributed by atoms with E-state index >= 15 is 0 Å². The summed E-state index contributed by atoms with van der Waals surface area (Å²) in [5.74, 6) is 0.712. The summed E-state index contributed by atoms with van der Waals surface area (Å²) in [5, 5.41) is 6.82. The van der Waals surface area contributed by atoms with E-state index in [2.05, 4.69) is 22.6 Å². The number of unbranched alkanes of at least 4 members (excludes halogenated alkanes) is 1. The van der Waals surface area contributed by atoms with Gasteiger partial charge in [-0.15, -0.1) is 11.3 Å². The van der Waals surface area contributed by atoms with E-state index in [9.17, 15) is 0 Å². The fourth-order valence-electron chi connectivity index (χ4n) is 2.51. The number of hydrogen-bond donors (Lipinski definition) is 1. The van der Waals surface area contributed by atoms with Crippen molar-refractivity contribution in [2.75, 3.05) is 33.7 Å². The SMILES string of the molecule is CNCCCCc1nc(C2CCN(C)CC2)cs1. The zero-order valence-electron chi connectivity index (χ0n) is 11.6. The van der Waals surface area contributed by atoms with Crippen molar-refractivity contribution >= 4 is 11.3 Å². The zero-order valence-corrected chi connectivity index (χ0v) is 12.4. The molecule has 3 nitrogen and oxygen atoms in total. The first-order valence-corrected chi connectivity index (χ1v) is 7.95. The molecule has 1 saturated heterocycles. The quantitative estimate of drug-likeness (QED) is 0.803. The van der Waals surface area contributed by atoms with Crippen molar-refractivity contribution in [1.82, 2.24) is 15.2 Å². The maximum absolute atomic E-state index is 4.84. The van der Waals surface area contributed by atoms with Crippen LogP contribution in [0.25, 0.3) is 0 Å². The second-order valence-corrected chi connectivity index (χ2v) is 6.25. The van der Waals surface area contributed by atoms with E-state index in [0.29, 0.717) is 5.92 Å². The molecule has 0 radical (unpaired) electrons. The lowest BCUT2D eigenvalue weighted by atomic mass is 9.94. The molecule has 1 aliphatic heterocycles. The summed E-state index contributed by atoms with van der Waals surface area (Å²) in [6.07, 6.45) is 6.21. The molecule has 1 aromatic rings. The Morgan fingerprint density at radius 1 is 1.39 bits per heavy atom. The second kappa shape index (κ2) is 7.22. The van der Waals surface area contributed by atoms with Crippen LogP contribution in [0, 0.1) is 0 Å². The van der Waals surface area contributed by atoms with Crippen LogP contribution in [0.15, 0.2) is 5.38 Å². The van der Waals surface area contributed by atoms with Crippen molar-refractivity contribution in [3.05, 3.63) is 16.1 Å². The third kappa shape index (κ3) is 4.04. The Labute approximate surface area is 115 Å². The Bertz CT molecular complexity index is 343. The molecule has 0 saturated carbocycles. The zero-order chi connectivity index (χ0) is 12.8. The smallest absolute Gasteiger partial charge is 0.0928 e. The first kappa shape index (κ1) is 14.0. The molecular formula is C14H25N3S. The van der Waals surface area contributed by atoms with Gasteiger partial charge in [0.25, 0.3) is 0 Å². The van der Waals surface area contributed by atoms with Crippen molar-refractivity contribution in [3.8, 4) is 0 Å². The second-order valence-electron chi connectivity index (χ2n) is 5.30. The van der Waals surface area contributed by atoms with Crippen LogP contribution in [0.1, 0.15) is 42.3 Å². The van der Waals surface area contributed by atoms with E-state index in [1.165, 1.54) is 49.5 Å². The minimum Gasteiger partial charge on any atom is -0.320 e. The third-order valence-corrected chi connectivity index (χ3v) is 4.70. The maximum Gasteiger partial charge on any atom is 0.0928 e. The number of hydrogen-bond acceptors (Lipinski definition) is 4. The summed E-state index contributed by atoms with van der Waals surface area (Å²) in [5.41, 5.74) is 1.36. The van der Waals surface area contributed by atoms with Crippen LogP contribution in [0.3, 0.4) is 0 Å². The molecule has 2 rings (SSSR count). The van der Waals surface area contributed by atoms with Crippen molar-refractivity contribution in [2.45, 2.75) is 38.0 Å². The summed E-state index contributed by atoms with van der Waals surface area (Å²) in [6.45, 7) is 3.56.